The Morgan fingerprint density at radius 2 is 2.00 bits per heavy atom. The van der Waals surface area contributed by atoms with E-state index >= 15 is 0 Å². The number of hydrogen-bond donors (Lipinski definition) is 0. The summed E-state index contributed by atoms with van der Waals surface area (Å²) in [5, 5.41) is 12.9. The Kier molecular flexibility index (Phi) is 3.36. The Morgan fingerprint density at radius 3 is 2.71 bits per heavy atom. The van der Waals surface area contributed by atoms with E-state index in [4.69, 9.17) is 10.1 Å². The average Bonchev–Trinajstić information content (AvgIpc) is 2.89. The second-order valence-electron chi connectivity index (χ2n) is 5.35. The Hall–Kier alpha value is -2.03. The van der Waals surface area contributed by atoms with Gasteiger partial charge in [-0.2, -0.15) is 18.4 Å². The number of benzene rings is 1. The van der Waals surface area contributed by atoms with Gasteiger partial charge in [0.25, 0.3) is 0 Å². The lowest BCUT2D eigenvalue weighted by molar-refractivity contribution is -0.137. The predicted molar refractivity (Wildman–Crippen MR) is 69.5 cm³/mol. The number of halogens is 3. The summed E-state index contributed by atoms with van der Waals surface area (Å²) >= 11 is 0. The number of nitriles is 1. The van der Waals surface area contributed by atoms with Gasteiger partial charge in [-0.3, -0.25) is 0 Å². The first-order chi connectivity index (χ1) is 10.0. The third-order valence-electron chi connectivity index (χ3n) is 4.08. The number of fused-ring (bicyclic) bond motifs is 1. The van der Waals surface area contributed by atoms with Crippen LogP contribution in [0.1, 0.15) is 42.4 Å². The quantitative estimate of drug-likeness (QED) is 0.789. The van der Waals surface area contributed by atoms with Crippen LogP contribution >= 0.6 is 0 Å². The van der Waals surface area contributed by atoms with Crippen LogP contribution in [0.3, 0.4) is 0 Å². The largest absolute Gasteiger partial charge is 0.418 e. The van der Waals surface area contributed by atoms with Crippen LogP contribution in [0.5, 0.6) is 0 Å². The molecule has 3 rings (SSSR count). The molecule has 1 aromatic rings. The zero-order valence-electron chi connectivity index (χ0n) is 11.2. The standard InChI is InChI=1S/C15H13F3N2O/c16-15(17,18)13-9(8-19)4-3-6-11(13)14-10-5-1-2-7-12(10)21-20-14/h3-4,6,10,12H,1-2,5,7H2/t10-,12+/m0/s1. The van der Waals surface area contributed by atoms with E-state index in [1.165, 1.54) is 18.2 Å². The highest BCUT2D eigenvalue weighted by atomic mass is 19.4. The first-order valence-electron chi connectivity index (χ1n) is 6.86. The van der Waals surface area contributed by atoms with Crippen LogP contribution in [0.15, 0.2) is 23.4 Å². The highest BCUT2D eigenvalue weighted by molar-refractivity contribution is 6.04. The summed E-state index contributed by atoms with van der Waals surface area (Å²) in [5.41, 5.74) is -0.955. The molecule has 0 spiro atoms. The van der Waals surface area contributed by atoms with Crippen LogP contribution < -0.4 is 0 Å². The van der Waals surface area contributed by atoms with Crippen molar-refractivity contribution in [2.75, 3.05) is 0 Å². The van der Waals surface area contributed by atoms with Crippen molar-refractivity contribution in [3.05, 3.63) is 34.9 Å². The second kappa shape index (κ2) is 5.06. The molecule has 1 fully saturated rings. The van der Waals surface area contributed by atoms with E-state index in [2.05, 4.69) is 5.16 Å². The van der Waals surface area contributed by atoms with E-state index in [1.54, 1.807) is 6.07 Å². The van der Waals surface area contributed by atoms with Crippen molar-refractivity contribution >= 4 is 5.71 Å². The van der Waals surface area contributed by atoms with Crippen LogP contribution in [0.25, 0.3) is 0 Å². The first kappa shape index (κ1) is 13.9. The number of nitrogens with zero attached hydrogens (tertiary/aromatic N) is 2. The van der Waals surface area contributed by atoms with E-state index in [1.807, 2.05) is 0 Å². The van der Waals surface area contributed by atoms with Crippen LogP contribution in [0, 0.1) is 17.2 Å². The molecule has 2 aliphatic rings. The SMILES string of the molecule is N#Cc1cccc(C2=NO[C@@H]3CCCC[C@H]23)c1C(F)(F)F. The van der Waals surface area contributed by atoms with Crippen molar-refractivity contribution in [3.8, 4) is 6.07 Å². The van der Waals surface area contributed by atoms with E-state index in [0.717, 1.165) is 25.7 Å². The van der Waals surface area contributed by atoms with Crippen molar-refractivity contribution in [1.29, 1.82) is 5.26 Å². The fourth-order valence-corrected chi connectivity index (χ4v) is 3.14. The molecule has 0 radical (unpaired) electrons. The molecule has 0 unspecified atom stereocenters. The fraction of sp³-hybridized carbons (Fsp3) is 0.467. The number of oxime groups is 1. The molecule has 110 valence electrons. The molecule has 6 heteroatoms. The molecule has 2 atom stereocenters. The maximum atomic E-state index is 13.3. The van der Waals surface area contributed by atoms with Gasteiger partial charge < -0.3 is 4.84 Å². The molecule has 3 nitrogen and oxygen atoms in total. The minimum Gasteiger partial charge on any atom is -0.392 e. The molecule has 1 aliphatic heterocycles. The van der Waals surface area contributed by atoms with Crippen LogP contribution in [-0.2, 0) is 11.0 Å². The van der Waals surface area contributed by atoms with Gasteiger partial charge in [-0.1, -0.05) is 23.7 Å². The molecule has 21 heavy (non-hydrogen) atoms. The van der Waals surface area contributed by atoms with Crippen LogP contribution in [0.4, 0.5) is 13.2 Å². The molecule has 0 bridgehead atoms. The van der Waals surface area contributed by atoms with Crippen molar-refractivity contribution in [2.24, 2.45) is 11.1 Å². The lowest BCUT2D eigenvalue weighted by atomic mass is 9.80. The zero-order valence-corrected chi connectivity index (χ0v) is 11.2. The van der Waals surface area contributed by atoms with Crippen molar-refractivity contribution < 1.29 is 18.0 Å². The van der Waals surface area contributed by atoms with E-state index in [9.17, 15) is 13.2 Å². The summed E-state index contributed by atoms with van der Waals surface area (Å²) in [5.74, 6) is -0.103. The molecular weight excluding hydrogens is 281 g/mol. The van der Waals surface area contributed by atoms with E-state index < -0.39 is 11.7 Å². The number of rotatable bonds is 1. The van der Waals surface area contributed by atoms with E-state index in [-0.39, 0.29) is 23.1 Å². The smallest absolute Gasteiger partial charge is 0.392 e. The fourth-order valence-electron chi connectivity index (χ4n) is 3.14. The lowest BCUT2D eigenvalue weighted by Gasteiger charge is -2.24. The molecule has 1 aromatic carbocycles. The monoisotopic (exact) mass is 294 g/mol. The molecule has 1 aliphatic carbocycles. The number of hydrogen-bond acceptors (Lipinski definition) is 3. The van der Waals surface area contributed by atoms with Crippen LogP contribution in [-0.4, -0.2) is 11.8 Å². The first-order valence-corrected chi connectivity index (χ1v) is 6.86. The van der Waals surface area contributed by atoms with Crippen LogP contribution in [0.2, 0.25) is 0 Å². The van der Waals surface area contributed by atoms with Gasteiger partial charge in [0, 0.05) is 11.5 Å². The summed E-state index contributed by atoms with van der Waals surface area (Å²) in [4.78, 5) is 5.30. The van der Waals surface area contributed by atoms with Gasteiger partial charge in [-0.15, -0.1) is 0 Å². The molecule has 0 N–H and O–H groups in total. The van der Waals surface area contributed by atoms with E-state index in [0.29, 0.717) is 5.71 Å². The number of alkyl halides is 3. The summed E-state index contributed by atoms with van der Waals surface area (Å²) in [7, 11) is 0. The molecule has 0 aromatic heterocycles. The van der Waals surface area contributed by atoms with Crippen molar-refractivity contribution in [3.63, 3.8) is 0 Å². The minimum atomic E-state index is -4.59. The van der Waals surface area contributed by atoms with Gasteiger partial charge in [0.1, 0.15) is 6.10 Å². The maximum absolute atomic E-state index is 13.3. The normalized spacial score (nSPS) is 24.8. The topological polar surface area (TPSA) is 45.4 Å². The van der Waals surface area contributed by atoms with Crippen molar-refractivity contribution in [2.45, 2.75) is 38.0 Å². The van der Waals surface area contributed by atoms with Gasteiger partial charge >= 0.3 is 6.18 Å². The lowest BCUT2D eigenvalue weighted by Crippen LogP contribution is -2.29. The highest BCUT2D eigenvalue weighted by Gasteiger charge is 2.42. The molecule has 1 heterocycles. The summed E-state index contributed by atoms with van der Waals surface area (Å²) in [6.45, 7) is 0. The van der Waals surface area contributed by atoms with Gasteiger partial charge in [-0.05, 0) is 25.3 Å². The van der Waals surface area contributed by atoms with Gasteiger partial charge in [0.2, 0.25) is 0 Å². The zero-order chi connectivity index (χ0) is 15.0. The average molecular weight is 294 g/mol. The summed E-state index contributed by atoms with van der Waals surface area (Å²) in [6, 6.07) is 5.64. The molecule has 0 amide bonds. The summed E-state index contributed by atoms with van der Waals surface area (Å²) in [6.07, 6.45) is -1.15. The Balaban J connectivity index is 2.09. The van der Waals surface area contributed by atoms with Crippen molar-refractivity contribution in [1.82, 2.24) is 0 Å². The minimum absolute atomic E-state index is 0.0176. The maximum Gasteiger partial charge on any atom is 0.418 e. The highest BCUT2D eigenvalue weighted by Crippen LogP contribution is 2.40. The van der Waals surface area contributed by atoms with Gasteiger partial charge in [0.05, 0.1) is 22.9 Å². The third kappa shape index (κ3) is 2.37. The summed E-state index contributed by atoms with van der Waals surface area (Å²) < 4.78 is 40.0. The Bertz CT molecular complexity index is 631. The molecule has 0 saturated heterocycles. The molecule has 1 saturated carbocycles. The Morgan fingerprint density at radius 1 is 1.24 bits per heavy atom. The second-order valence-corrected chi connectivity index (χ2v) is 5.35. The Labute approximate surface area is 120 Å². The predicted octanol–water partition coefficient (Wildman–Crippen LogP) is 3.87. The molecular formula is C15H13F3N2O. The van der Waals surface area contributed by atoms with Gasteiger partial charge in [0.15, 0.2) is 0 Å². The van der Waals surface area contributed by atoms with Gasteiger partial charge in [-0.25, -0.2) is 0 Å². The third-order valence-corrected chi connectivity index (χ3v) is 4.08.